The first-order chi connectivity index (χ1) is 8.90. The van der Waals surface area contributed by atoms with Crippen LogP contribution in [0.5, 0.6) is 5.75 Å². The maximum atomic E-state index is 5.73. The molecule has 1 unspecified atom stereocenters. The number of ether oxygens (including phenoxy) is 2. The summed E-state index contributed by atoms with van der Waals surface area (Å²) in [5, 5.41) is 3.45. The normalized spacial score (nSPS) is 23.0. The first kappa shape index (κ1) is 11.8. The largest absolute Gasteiger partial charge is 0.491 e. The molecule has 1 aliphatic heterocycles. The van der Waals surface area contributed by atoms with Crippen LogP contribution in [-0.4, -0.2) is 25.9 Å². The van der Waals surface area contributed by atoms with Crippen molar-refractivity contribution in [3.05, 3.63) is 24.3 Å². The van der Waals surface area contributed by atoms with Crippen molar-refractivity contribution in [2.45, 2.75) is 31.8 Å². The molecule has 1 N–H and O–H groups in total. The molecule has 0 radical (unpaired) electrons. The highest BCUT2D eigenvalue weighted by Crippen LogP contribution is 2.29. The van der Waals surface area contributed by atoms with Gasteiger partial charge in [-0.05, 0) is 55.9 Å². The summed E-state index contributed by atoms with van der Waals surface area (Å²) in [6.07, 6.45) is 5.35. The van der Waals surface area contributed by atoms with Gasteiger partial charge in [0.05, 0.1) is 6.10 Å². The smallest absolute Gasteiger partial charge is 0.119 e. The van der Waals surface area contributed by atoms with E-state index in [2.05, 4.69) is 17.4 Å². The molecule has 1 saturated heterocycles. The second-order valence-electron chi connectivity index (χ2n) is 5.29. The maximum Gasteiger partial charge on any atom is 0.119 e. The third-order valence-corrected chi connectivity index (χ3v) is 3.61. The van der Waals surface area contributed by atoms with Crippen LogP contribution in [-0.2, 0) is 4.74 Å². The van der Waals surface area contributed by atoms with Crippen LogP contribution in [0.15, 0.2) is 24.3 Å². The zero-order valence-electron chi connectivity index (χ0n) is 10.7. The standard InChI is InChI=1S/C15H21NO2/c1-2-15(17-9-1)11-18-14-7-5-13(6-8-14)16-10-12-3-4-12/h5-8,12,15-16H,1-4,9-11H2. The van der Waals surface area contributed by atoms with Gasteiger partial charge in [0.2, 0.25) is 0 Å². The summed E-state index contributed by atoms with van der Waals surface area (Å²) in [5.74, 6) is 1.84. The van der Waals surface area contributed by atoms with Crippen molar-refractivity contribution in [2.75, 3.05) is 25.1 Å². The van der Waals surface area contributed by atoms with Gasteiger partial charge < -0.3 is 14.8 Å². The maximum absolute atomic E-state index is 5.73. The average molecular weight is 247 g/mol. The molecule has 0 spiro atoms. The summed E-state index contributed by atoms with van der Waals surface area (Å²) >= 11 is 0. The zero-order chi connectivity index (χ0) is 12.2. The van der Waals surface area contributed by atoms with Gasteiger partial charge in [-0.15, -0.1) is 0 Å². The number of anilines is 1. The lowest BCUT2D eigenvalue weighted by atomic mass is 10.2. The van der Waals surface area contributed by atoms with E-state index in [9.17, 15) is 0 Å². The molecule has 2 fully saturated rings. The van der Waals surface area contributed by atoms with Gasteiger partial charge in [0.25, 0.3) is 0 Å². The molecule has 1 aromatic rings. The first-order valence-electron chi connectivity index (χ1n) is 6.98. The Hall–Kier alpha value is -1.22. The summed E-state index contributed by atoms with van der Waals surface area (Å²) in [6.45, 7) is 2.67. The van der Waals surface area contributed by atoms with E-state index in [0.29, 0.717) is 6.61 Å². The van der Waals surface area contributed by atoms with E-state index >= 15 is 0 Å². The number of hydrogen-bond donors (Lipinski definition) is 1. The lowest BCUT2D eigenvalue weighted by Gasteiger charge is -2.12. The Morgan fingerprint density at radius 2 is 2.00 bits per heavy atom. The predicted molar refractivity (Wildman–Crippen MR) is 72.1 cm³/mol. The third-order valence-electron chi connectivity index (χ3n) is 3.61. The van der Waals surface area contributed by atoms with Gasteiger partial charge >= 0.3 is 0 Å². The Kier molecular flexibility index (Phi) is 3.69. The molecule has 0 aromatic heterocycles. The molecule has 3 nitrogen and oxygen atoms in total. The molecule has 1 aromatic carbocycles. The SMILES string of the molecule is c1cc(OCC2CCCO2)ccc1NCC1CC1. The van der Waals surface area contributed by atoms with Crippen molar-refractivity contribution in [2.24, 2.45) is 5.92 Å². The Bertz CT molecular complexity index is 367. The van der Waals surface area contributed by atoms with Crippen LogP contribution in [0, 0.1) is 5.92 Å². The van der Waals surface area contributed by atoms with Crippen LogP contribution in [0.4, 0.5) is 5.69 Å². The zero-order valence-corrected chi connectivity index (χ0v) is 10.7. The third kappa shape index (κ3) is 3.39. The minimum absolute atomic E-state index is 0.290. The molecular formula is C15H21NO2. The highest BCUT2D eigenvalue weighted by Gasteiger charge is 2.20. The van der Waals surface area contributed by atoms with Gasteiger partial charge in [0, 0.05) is 18.8 Å². The minimum Gasteiger partial charge on any atom is -0.491 e. The van der Waals surface area contributed by atoms with Crippen molar-refractivity contribution in [3.63, 3.8) is 0 Å². The fourth-order valence-electron chi connectivity index (χ4n) is 2.22. The Labute approximate surface area is 108 Å². The molecule has 18 heavy (non-hydrogen) atoms. The van der Waals surface area contributed by atoms with Crippen molar-refractivity contribution in [1.29, 1.82) is 0 Å². The molecule has 98 valence electrons. The Morgan fingerprint density at radius 3 is 2.67 bits per heavy atom. The molecule has 2 aliphatic rings. The molecule has 3 rings (SSSR count). The van der Waals surface area contributed by atoms with Crippen molar-refractivity contribution in [3.8, 4) is 5.75 Å². The second-order valence-corrected chi connectivity index (χ2v) is 5.29. The molecule has 1 atom stereocenters. The second kappa shape index (κ2) is 5.61. The van der Waals surface area contributed by atoms with E-state index in [-0.39, 0.29) is 6.10 Å². The van der Waals surface area contributed by atoms with E-state index in [1.165, 1.54) is 18.5 Å². The van der Waals surface area contributed by atoms with Crippen LogP contribution in [0.1, 0.15) is 25.7 Å². The average Bonchev–Trinajstić information content (AvgIpc) is 3.09. The number of hydrogen-bond acceptors (Lipinski definition) is 3. The molecule has 1 aliphatic carbocycles. The number of benzene rings is 1. The Morgan fingerprint density at radius 1 is 1.17 bits per heavy atom. The predicted octanol–water partition coefficient (Wildman–Crippen LogP) is 3.07. The van der Waals surface area contributed by atoms with Crippen LogP contribution < -0.4 is 10.1 Å². The van der Waals surface area contributed by atoms with Gasteiger partial charge in [-0.25, -0.2) is 0 Å². The van der Waals surface area contributed by atoms with Crippen molar-refractivity contribution in [1.82, 2.24) is 0 Å². The monoisotopic (exact) mass is 247 g/mol. The van der Waals surface area contributed by atoms with Crippen LogP contribution in [0.25, 0.3) is 0 Å². The lowest BCUT2D eigenvalue weighted by molar-refractivity contribution is 0.0679. The molecule has 1 heterocycles. The highest BCUT2D eigenvalue weighted by atomic mass is 16.5. The van der Waals surface area contributed by atoms with Gasteiger partial charge in [-0.1, -0.05) is 0 Å². The lowest BCUT2D eigenvalue weighted by Crippen LogP contribution is -2.16. The van der Waals surface area contributed by atoms with Gasteiger partial charge in [0.1, 0.15) is 12.4 Å². The minimum atomic E-state index is 0.290. The molecule has 1 saturated carbocycles. The summed E-state index contributed by atoms with van der Waals surface area (Å²) in [5.41, 5.74) is 1.19. The van der Waals surface area contributed by atoms with E-state index in [0.717, 1.165) is 37.7 Å². The number of rotatable bonds is 6. The van der Waals surface area contributed by atoms with Crippen LogP contribution >= 0.6 is 0 Å². The van der Waals surface area contributed by atoms with E-state index in [1.807, 2.05) is 12.1 Å². The summed E-state index contributed by atoms with van der Waals surface area (Å²) < 4.78 is 11.3. The Balaban J connectivity index is 1.44. The van der Waals surface area contributed by atoms with Gasteiger partial charge in [-0.2, -0.15) is 0 Å². The fourth-order valence-corrected chi connectivity index (χ4v) is 2.22. The van der Waals surface area contributed by atoms with Crippen LogP contribution in [0.3, 0.4) is 0 Å². The summed E-state index contributed by atoms with van der Waals surface area (Å²) in [6, 6.07) is 8.24. The van der Waals surface area contributed by atoms with E-state index < -0.39 is 0 Å². The van der Waals surface area contributed by atoms with Gasteiger partial charge in [-0.3, -0.25) is 0 Å². The van der Waals surface area contributed by atoms with Crippen LogP contribution in [0.2, 0.25) is 0 Å². The highest BCUT2D eigenvalue weighted by molar-refractivity contribution is 5.46. The number of nitrogens with one attached hydrogen (secondary N) is 1. The van der Waals surface area contributed by atoms with Crippen molar-refractivity contribution >= 4 is 5.69 Å². The first-order valence-corrected chi connectivity index (χ1v) is 6.98. The molecule has 0 amide bonds. The van der Waals surface area contributed by atoms with E-state index in [1.54, 1.807) is 0 Å². The summed E-state index contributed by atoms with van der Waals surface area (Å²) in [4.78, 5) is 0. The van der Waals surface area contributed by atoms with Gasteiger partial charge in [0.15, 0.2) is 0 Å². The summed E-state index contributed by atoms with van der Waals surface area (Å²) in [7, 11) is 0. The fraction of sp³-hybridized carbons (Fsp3) is 0.600. The quantitative estimate of drug-likeness (QED) is 0.838. The molecule has 3 heteroatoms. The molecule has 0 bridgehead atoms. The van der Waals surface area contributed by atoms with E-state index in [4.69, 9.17) is 9.47 Å². The molecular weight excluding hydrogens is 226 g/mol. The van der Waals surface area contributed by atoms with Crippen molar-refractivity contribution < 1.29 is 9.47 Å². The topological polar surface area (TPSA) is 30.5 Å².